The number of piperazine rings is 1. The van der Waals surface area contributed by atoms with Crippen LogP contribution in [-0.4, -0.2) is 43.7 Å². The summed E-state index contributed by atoms with van der Waals surface area (Å²) in [5.74, 6) is -3.31. The van der Waals surface area contributed by atoms with E-state index >= 15 is 0 Å². The molecule has 17 heavy (non-hydrogen) atoms. The zero-order valence-electron chi connectivity index (χ0n) is 9.66. The minimum absolute atomic E-state index is 0.159. The molecule has 0 bridgehead atoms. The molecule has 1 saturated carbocycles. The maximum Gasteiger partial charge on any atom is 0.350 e. The molecule has 0 atom stereocenters. The van der Waals surface area contributed by atoms with Gasteiger partial charge in [0.05, 0.1) is 0 Å². The fourth-order valence-corrected chi connectivity index (χ4v) is 4.28. The second-order valence-electron chi connectivity index (χ2n) is 4.84. The molecule has 2 fully saturated rings. The van der Waals surface area contributed by atoms with Crippen molar-refractivity contribution >= 4 is 10.0 Å². The molecular formula is C10H18F2N2O2S. The normalized spacial score (nSPS) is 26.5. The molecule has 0 unspecified atom stereocenters. The Bertz CT molecular complexity index is 358. The van der Waals surface area contributed by atoms with E-state index in [9.17, 15) is 17.2 Å². The fourth-order valence-electron chi connectivity index (χ4n) is 2.96. The molecule has 0 aromatic rings. The average molecular weight is 268 g/mol. The third-order valence-corrected chi connectivity index (χ3v) is 5.43. The van der Waals surface area contributed by atoms with Crippen LogP contribution in [0.4, 0.5) is 8.78 Å². The van der Waals surface area contributed by atoms with Gasteiger partial charge in [0.15, 0.2) is 0 Å². The quantitative estimate of drug-likeness (QED) is 0.817. The van der Waals surface area contributed by atoms with Crippen molar-refractivity contribution in [3.05, 3.63) is 0 Å². The molecule has 0 aromatic heterocycles. The number of nitrogens with one attached hydrogen (secondary N) is 1. The lowest BCUT2D eigenvalue weighted by Gasteiger charge is -2.48. The van der Waals surface area contributed by atoms with Crippen molar-refractivity contribution in [1.29, 1.82) is 0 Å². The molecule has 100 valence electrons. The summed E-state index contributed by atoms with van der Waals surface area (Å²) in [6.45, 7) is 1.11. The van der Waals surface area contributed by atoms with E-state index in [0.29, 0.717) is 25.9 Å². The van der Waals surface area contributed by atoms with Gasteiger partial charge in [0, 0.05) is 25.2 Å². The highest BCUT2D eigenvalue weighted by molar-refractivity contribution is 7.89. The SMILES string of the molecule is O=S(=O)(C(F)F)N1CCNCC12CCCCC2. The number of hydrogen-bond acceptors (Lipinski definition) is 3. The second kappa shape index (κ2) is 4.78. The molecule has 1 N–H and O–H groups in total. The molecule has 0 aromatic carbocycles. The Balaban J connectivity index is 2.29. The van der Waals surface area contributed by atoms with Crippen LogP contribution < -0.4 is 5.32 Å². The molecule has 4 nitrogen and oxygen atoms in total. The summed E-state index contributed by atoms with van der Waals surface area (Å²) in [7, 11) is -4.45. The summed E-state index contributed by atoms with van der Waals surface area (Å²) >= 11 is 0. The summed E-state index contributed by atoms with van der Waals surface area (Å²) < 4.78 is 49.9. The van der Waals surface area contributed by atoms with Gasteiger partial charge in [-0.05, 0) is 12.8 Å². The van der Waals surface area contributed by atoms with Crippen LogP contribution in [0.5, 0.6) is 0 Å². The summed E-state index contributed by atoms with van der Waals surface area (Å²) in [4.78, 5) is 0. The van der Waals surface area contributed by atoms with E-state index in [1.165, 1.54) is 0 Å². The van der Waals surface area contributed by atoms with E-state index in [1.54, 1.807) is 0 Å². The zero-order chi connectivity index (χ0) is 12.5. The molecule has 2 rings (SSSR count). The van der Waals surface area contributed by atoms with E-state index in [2.05, 4.69) is 5.32 Å². The molecule has 1 aliphatic heterocycles. The molecule has 7 heteroatoms. The van der Waals surface area contributed by atoms with Crippen LogP contribution in [0.1, 0.15) is 32.1 Å². The van der Waals surface area contributed by atoms with Gasteiger partial charge in [0.1, 0.15) is 0 Å². The number of sulfonamides is 1. The van der Waals surface area contributed by atoms with Crippen molar-refractivity contribution in [2.24, 2.45) is 0 Å². The lowest BCUT2D eigenvalue weighted by atomic mass is 9.80. The first kappa shape index (κ1) is 13.2. The van der Waals surface area contributed by atoms with Crippen molar-refractivity contribution < 1.29 is 17.2 Å². The van der Waals surface area contributed by atoms with Crippen LogP contribution in [-0.2, 0) is 10.0 Å². The van der Waals surface area contributed by atoms with Gasteiger partial charge in [-0.1, -0.05) is 19.3 Å². The molecule has 0 amide bonds. The number of alkyl halides is 2. The minimum atomic E-state index is -4.45. The van der Waals surface area contributed by atoms with Crippen molar-refractivity contribution in [2.75, 3.05) is 19.6 Å². The van der Waals surface area contributed by atoms with Gasteiger partial charge in [-0.15, -0.1) is 0 Å². The standard InChI is InChI=1S/C10H18F2N2O2S/c11-9(12)17(15,16)14-7-6-13-8-10(14)4-2-1-3-5-10/h9,13H,1-8H2. The first-order chi connectivity index (χ1) is 7.99. The summed E-state index contributed by atoms with van der Waals surface area (Å²) in [6, 6.07) is 0. The maximum atomic E-state index is 12.7. The van der Waals surface area contributed by atoms with Gasteiger partial charge < -0.3 is 5.32 Å². The topological polar surface area (TPSA) is 49.4 Å². The molecule has 0 radical (unpaired) electrons. The van der Waals surface area contributed by atoms with E-state index in [4.69, 9.17) is 0 Å². The number of nitrogens with zero attached hydrogens (tertiary/aromatic N) is 1. The first-order valence-electron chi connectivity index (χ1n) is 6.00. The van der Waals surface area contributed by atoms with Gasteiger partial charge in [0.25, 0.3) is 10.0 Å². The van der Waals surface area contributed by atoms with Gasteiger partial charge in [-0.25, -0.2) is 8.42 Å². The number of halogens is 2. The Morgan fingerprint density at radius 2 is 1.82 bits per heavy atom. The van der Waals surface area contributed by atoms with E-state index in [0.717, 1.165) is 23.6 Å². The smallest absolute Gasteiger partial charge is 0.314 e. The molecule has 1 spiro atoms. The van der Waals surface area contributed by atoms with E-state index in [-0.39, 0.29) is 6.54 Å². The molecule has 1 aliphatic carbocycles. The van der Waals surface area contributed by atoms with Crippen LogP contribution in [0.15, 0.2) is 0 Å². The highest BCUT2D eigenvalue weighted by atomic mass is 32.2. The van der Waals surface area contributed by atoms with Crippen LogP contribution in [0, 0.1) is 0 Å². The molecule has 1 saturated heterocycles. The number of rotatable bonds is 2. The Hall–Kier alpha value is -0.270. The highest BCUT2D eigenvalue weighted by Crippen LogP contribution is 2.37. The fraction of sp³-hybridized carbons (Fsp3) is 1.00. The Labute approximate surface area is 100 Å². The van der Waals surface area contributed by atoms with Crippen molar-refractivity contribution in [2.45, 2.75) is 43.4 Å². The van der Waals surface area contributed by atoms with E-state index in [1.807, 2.05) is 0 Å². The predicted octanol–water partition coefficient (Wildman–Crippen LogP) is 1.15. The van der Waals surface area contributed by atoms with E-state index < -0.39 is 21.3 Å². The second-order valence-corrected chi connectivity index (χ2v) is 6.67. The summed E-state index contributed by atoms with van der Waals surface area (Å²) in [6.07, 6.45) is 4.26. The lowest BCUT2D eigenvalue weighted by Crippen LogP contribution is -2.64. The van der Waals surface area contributed by atoms with Crippen molar-refractivity contribution in [3.8, 4) is 0 Å². The first-order valence-corrected chi connectivity index (χ1v) is 7.50. The van der Waals surface area contributed by atoms with Crippen LogP contribution >= 0.6 is 0 Å². The highest BCUT2D eigenvalue weighted by Gasteiger charge is 2.48. The third kappa shape index (κ3) is 2.32. The summed E-state index contributed by atoms with van der Waals surface area (Å²) in [5.41, 5.74) is -0.605. The third-order valence-electron chi connectivity index (χ3n) is 3.79. The van der Waals surface area contributed by atoms with Gasteiger partial charge in [-0.2, -0.15) is 13.1 Å². The van der Waals surface area contributed by atoms with Crippen molar-refractivity contribution in [3.63, 3.8) is 0 Å². The molecule has 2 aliphatic rings. The van der Waals surface area contributed by atoms with Crippen LogP contribution in [0.2, 0.25) is 0 Å². The minimum Gasteiger partial charge on any atom is -0.314 e. The van der Waals surface area contributed by atoms with Gasteiger partial charge in [-0.3, -0.25) is 0 Å². The largest absolute Gasteiger partial charge is 0.350 e. The van der Waals surface area contributed by atoms with Gasteiger partial charge in [0.2, 0.25) is 0 Å². The molecular weight excluding hydrogens is 250 g/mol. The Morgan fingerprint density at radius 3 is 2.41 bits per heavy atom. The zero-order valence-corrected chi connectivity index (χ0v) is 10.5. The average Bonchev–Trinajstić information content (AvgIpc) is 2.30. The van der Waals surface area contributed by atoms with Crippen LogP contribution in [0.3, 0.4) is 0 Å². The predicted molar refractivity (Wildman–Crippen MR) is 60.3 cm³/mol. The summed E-state index contributed by atoms with van der Waals surface area (Å²) in [5, 5.41) is 3.14. The Kier molecular flexibility index (Phi) is 3.70. The monoisotopic (exact) mass is 268 g/mol. The lowest BCUT2D eigenvalue weighted by molar-refractivity contribution is 0.0902. The van der Waals surface area contributed by atoms with Gasteiger partial charge >= 0.3 is 5.76 Å². The van der Waals surface area contributed by atoms with Crippen molar-refractivity contribution in [1.82, 2.24) is 9.62 Å². The maximum absolute atomic E-state index is 12.7. The number of hydrogen-bond donors (Lipinski definition) is 1. The van der Waals surface area contributed by atoms with Crippen LogP contribution in [0.25, 0.3) is 0 Å². The molecule has 1 heterocycles. The Morgan fingerprint density at radius 1 is 1.18 bits per heavy atom.